The number of methoxy groups -OCH3 is 1. The van der Waals surface area contributed by atoms with Gasteiger partial charge in [0.15, 0.2) is 18.2 Å². The summed E-state index contributed by atoms with van der Waals surface area (Å²) < 4.78 is 5.86. The molecule has 1 aromatic heterocycles. The maximum atomic E-state index is 13.1. The topological polar surface area (TPSA) is 73.5 Å². The molecule has 0 radical (unpaired) electrons. The van der Waals surface area contributed by atoms with E-state index >= 15 is 0 Å². The number of carbonyl (C=O) groups excluding carboxylic acids is 2. The van der Waals surface area contributed by atoms with Crippen LogP contribution in [-0.4, -0.2) is 36.8 Å². The van der Waals surface area contributed by atoms with Crippen LogP contribution in [-0.2, 0) is 0 Å². The summed E-state index contributed by atoms with van der Waals surface area (Å²) in [4.78, 5) is 27.5. The highest BCUT2D eigenvalue weighted by molar-refractivity contribution is 6.02. The van der Waals surface area contributed by atoms with Gasteiger partial charge in [0.25, 0.3) is 5.91 Å². The molecule has 6 heteroatoms. The van der Waals surface area contributed by atoms with Gasteiger partial charge in [-0.05, 0) is 47.9 Å². The first kappa shape index (κ1) is 18.9. The van der Waals surface area contributed by atoms with E-state index in [1.807, 2.05) is 36.4 Å². The van der Waals surface area contributed by atoms with Gasteiger partial charge in [0.1, 0.15) is 11.3 Å². The van der Waals surface area contributed by atoms with Crippen molar-refractivity contribution in [2.45, 2.75) is 12.8 Å². The highest BCUT2D eigenvalue weighted by atomic mass is 16.5. The standard InChI is InChI=1S/C23H22N2O4/c1-29-21-9-8-16-12-18(7-6-17(16)13-21)22(26)19-4-2-10-24(14-19)23(27)20-5-3-11-25(28)15-20/h3,5-9,11-13,15,19H,2,4,10,14H2,1H3. The minimum Gasteiger partial charge on any atom is -0.619 e. The van der Waals surface area contributed by atoms with Gasteiger partial charge in [-0.1, -0.05) is 18.2 Å². The summed E-state index contributed by atoms with van der Waals surface area (Å²) in [6, 6.07) is 14.6. The fraction of sp³-hybridized carbons (Fsp3) is 0.261. The third kappa shape index (κ3) is 3.92. The van der Waals surface area contributed by atoms with Crippen LogP contribution in [0.25, 0.3) is 10.8 Å². The molecule has 1 aliphatic rings. The van der Waals surface area contributed by atoms with Crippen LogP contribution in [0.15, 0.2) is 60.9 Å². The first-order chi connectivity index (χ1) is 14.0. The Labute approximate surface area is 168 Å². The number of rotatable bonds is 4. The molecule has 4 rings (SSSR count). The SMILES string of the molecule is COc1ccc2cc(C(=O)C3CCCN(C(=O)c4ccc[n+]([O-])c4)C3)ccc2c1. The van der Waals surface area contributed by atoms with Gasteiger partial charge in [0.2, 0.25) is 0 Å². The second kappa shape index (κ2) is 7.91. The molecule has 0 spiro atoms. The average molecular weight is 390 g/mol. The van der Waals surface area contributed by atoms with Crippen molar-refractivity contribution in [3.63, 3.8) is 0 Å². The highest BCUT2D eigenvalue weighted by Crippen LogP contribution is 2.26. The van der Waals surface area contributed by atoms with Crippen molar-refractivity contribution in [1.29, 1.82) is 0 Å². The fourth-order valence-corrected chi connectivity index (χ4v) is 3.88. The van der Waals surface area contributed by atoms with E-state index in [0.29, 0.717) is 28.9 Å². The Bertz CT molecular complexity index is 1080. The summed E-state index contributed by atoms with van der Waals surface area (Å²) in [5.74, 6) is 0.371. The lowest BCUT2D eigenvalue weighted by molar-refractivity contribution is -0.605. The molecule has 2 aromatic carbocycles. The number of benzene rings is 2. The van der Waals surface area contributed by atoms with Crippen molar-refractivity contribution in [3.05, 3.63) is 77.3 Å². The second-order valence-corrected chi connectivity index (χ2v) is 7.33. The third-order valence-corrected chi connectivity index (χ3v) is 5.43. The van der Waals surface area contributed by atoms with E-state index in [0.717, 1.165) is 29.4 Å². The molecule has 29 heavy (non-hydrogen) atoms. The number of ketones is 1. The van der Waals surface area contributed by atoms with Gasteiger partial charge in [0, 0.05) is 30.6 Å². The lowest BCUT2D eigenvalue weighted by Crippen LogP contribution is -2.43. The van der Waals surface area contributed by atoms with Crippen LogP contribution in [0.2, 0.25) is 0 Å². The molecule has 0 N–H and O–H groups in total. The predicted octanol–water partition coefficient (Wildman–Crippen LogP) is 3.22. The van der Waals surface area contributed by atoms with E-state index in [1.165, 1.54) is 12.4 Å². The number of nitrogens with zero attached hydrogens (tertiary/aromatic N) is 2. The molecule has 1 amide bonds. The Morgan fingerprint density at radius 3 is 2.69 bits per heavy atom. The summed E-state index contributed by atoms with van der Waals surface area (Å²) in [7, 11) is 1.63. The molecular formula is C23H22N2O4. The van der Waals surface area contributed by atoms with E-state index in [2.05, 4.69) is 0 Å². The van der Waals surface area contributed by atoms with E-state index in [9.17, 15) is 14.8 Å². The Kier molecular flexibility index (Phi) is 5.16. The first-order valence-electron chi connectivity index (χ1n) is 9.65. The molecule has 1 atom stereocenters. The van der Waals surface area contributed by atoms with Crippen molar-refractivity contribution >= 4 is 22.5 Å². The van der Waals surface area contributed by atoms with Crippen LogP contribution < -0.4 is 9.47 Å². The van der Waals surface area contributed by atoms with Gasteiger partial charge in [-0.25, -0.2) is 0 Å². The molecule has 148 valence electrons. The summed E-state index contributed by atoms with van der Waals surface area (Å²) in [5, 5.41) is 13.5. The monoisotopic (exact) mass is 390 g/mol. The number of aromatic nitrogens is 1. The van der Waals surface area contributed by atoms with Gasteiger partial charge in [-0.3, -0.25) is 9.59 Å². The van der Waals surface area contributed by atoms with E-state index in [1.54, 1.807) is 24.1 Å². The van der Waals surface area contributed by atoms with Crippen LogP contribution in [0, 0.1) is 11.1 Å². The molecule has 0 saturated carbocycles. The van der Waals surface area contributed by atoms with Crippen LogP contribution in [0.3, 0.4) is 0 Å². The van der Waals surface area contributed by atoms with Gasteiger partial charge in [-0.15, -0.1) is 0 Å². The number of Topliss-reactive ketones (excluding diaryl/α,β-unsaturated/α-hetero) is 1. The normalized spacial score (nSPS) is 16.6. The maximum absolute atomic E-state index is 13.1. The first-order valence-corrected chi connectivity index (χ1v) is 9.65. The quantitative estimate of drug-likeness (QED) is 0.390. The van der Waals surface area contributed by atoms with E-state index in [4.69, 9.17) is 4.74 Å². The van der Waals surface area contributed by atoms with Crippen LogP contribution in [0.1, 0.15) is 33.6 Å². The third-order valence-electron chi connectivity index (χ3n) is 5.43. The predicted molar refractivity (Wildman–Crippen MR) is 109 cm³/mol. The Morgan fingerprint density at radius 1 is 1.10 bits per heavy atom. The van der Waals surface area contributed by atoms with Gasteiger partial charge < -0.3 is 14.8 Å². The number of amides is 1. The lowest BCUT2D eigenvalue weighted by atomic mass is 9.89. The highest BCUT2D eigenvalue weighted by Gasteiger charge is 2.30. The average Bonchev–Trinajstić information content (AvgIpc) is 2.77. The Balaban J connectivity index is 1.52. The van der Waals surface area contributed by atoms with Crippen molar-refractivity contribution in [2.24, 2.45) is 5.92 Å². The molecule has 6 nitrogen and oxygen atoms in total. The molecule has 2 heterocycles. The molecular weight excluding hydrogens is 368 g/mol. The van der Waals surface area contributed by atoms with Crippen LogP contribution >= 0.6 is 0 Å². The maximum Gasteiger partial charge on any atom is 0.259 e. The largest absolute Gasteiger partial charge is 0.619 e. The lowest BCUT2D eigenvalue weighted by Gasteiger charge is -2.32. The van der Waals surface area contributed by atoms with Crippen molar-refractivity contribution in [2.75, 3.05) is 20.2 Å². The second-order valence-electron chi connectivity index (χ2n) is 7.33. The number of carbonyl (C=O) groups is 2. The Hall–Kier alpha value is -3.41. The molecule has 0 aliphatic carbocycles. The van der Waals surface area contributed by atoms with Crippen molar-refractivity contribution in [1.82, 2.24) is 4.90 Å². The number of hydrogen-bond donors (Lipinski definition) is 0. The molecule has 1 aliphatic heterocycles. The minimum atomic E-state index is -0.244. The van der Waals surface area contributed by atoms with E-state index < -0.39 is 0 Å². The summed E-state index contributed by atoms with van der Waals surface area (Å²) >= 11 is 0. The van der Waals surface area contributed by atoms with Crippen LogP contribution in [0.5, 0.6) is 5.75 Å². The van der Waals surface area contributed by atoms with Gasteiger partial charge in [-0.2, -0.15) is 4.73 Å². The summed E-state index contributed by atoms with van der Waals surface area (Å²) in [5.41, 5.74) is 0.995. The number of likely N-dealkylation sites (tertiary alicyclic amines) is 1. The van der Waals surface area contributed by atoms with Crippen LogP contribution in [0.4, 0.5) is 0 Å². The minimum absolute atomic E-state index is 0.0483. The zero-order valence-electron chi connectivity index (χ0n) is 16.2. The zero-order valence-corrected chi connectivity index (χ0v) is 16.2. The summed E-state index contributed by atoms with van der Waals surface area (Å²) in [6.45, 7) is 0.958. The van der Waals surface area contributed by atoms with Crippen molar-refractivity contribution < 1.29 is 19.1 Å². The van der Waals surface area contributed by atoms with Gasteiger partial charge >= 0.3 is 0 Å². The fourth-order valence-electron chi connectivity index (χ4n) is 3.88. The summed E-state index contributed by atoms with van der Waals surface area (Å²) in [6.07, 6.45) is 4.12. The number of ether oxygens (including phenoxy) is 1. The molecule has 1 unspecified atom stereocenters. The van der Waals surface area contributed by atoms with Crippen molar-refractivity contribution in [3.8, 4) is 5.75 Å². The number of hydrogen-bond acceptors (Lipinski definition) is 4. The zero-order chi connectivity index (χ0) is 20.4. The smallest absolute Gasteiger partial charge is 0.259 e. The molecule has 0 bridgehead atoms. The molecule has 3 aromatic rings. The number of piperidine rings is 1. The number of fused-ring (bicyclic) bond motifs is 1. The van der Waals surface area contributed by atoms with Gasteiger partial charge in [0.05, 0.1) is 7.11 Å². The number of pyridine rings is 1. The Morgan fingerprint density at radius 2 is 1.90 bits per heavy atom. The van der Waals surface area contributed by atoms with E-state index in [-0.39, 0.29) is 17.6 Å². The molecule has 1 saturated heterocycles. The molecule has 1 fully saturated rings.